The van der Waals surface area contributed by atoms with E-state index in [1.165, 1.54) is 19.2 Å². The van der Waals surface area contributed by atoms with E-state index in [1.807, 2.05) is 0 Å². The van der Waals surface area contributed by atoms with Crippen LogP contribution in [0.5, 0.6) is 11.5 Å². The summed E-state index contributed by atoms with van der Waals surface area (Å²) < 4.78 is 24.8. The number of hydrogen-bond donors (Lipinski definition) is 2. The number of ether oxygens (including phenoxy) is 2. The number of carbonyl (C=O) groups excluding carboxylic acids is 1. The van der Waals surface area contributed by atoms with Crippen molar-refractivity contribution < 1.29 is 18.7 Å². The Kier molecular flexibility index (Phi) is 5.63. The smallest absolute Gasteiger partial charge is 0.264 e. The van der Waals surface area contributed by atoms with Crippen LogP contribution >= 0.6 is 27.7 Å². The van der Waals surface area contributed by atoms with Gasteiger partial charge in [0.05, 0.1) is 16.5 Å². The van der Waals surface area contributed by atoms with Crippen LogP contribution in [-0.4, -0.2) is 18.2 Å². The van der Waals surface area contributed by atoms with Crippen LogP contribution in [0.1, 0.15) is 11.1 Å². The van der Waals surface area contributed by atoms with Gasteiger partial charge in [-0.25, -0.2) is 4.39 Å². The van der Waals surface area contributed by atoms with Gasteiger partial charge in [-0.2, -0.15) is 0 Å². The number of halogens is 2. The Balaban J connectivity index is 1.83. The van der Waals surface area contributed by atoms with Gasteiger partial charge < -0.3 is 14.8 Å². The van der Waals surface area contributed by atoms with Gasteiger partial charge in [-0.15, -0.1) is 0 Å². The molecule has 1 aliphatic rings. The molecule has 0 bridgehead atoms. The summed E-state index contributed by atoms with van der Waals surface area (Å²) >= 11 is 4.52. The van der Waals surface area contributed by atoms with Crippen LogP contribution in [-0.2, 0) is 11.4 Å². The summed E-state index contributed by atoms with van der Waals surface area (Å²) in [7, 11) is 1.52. The lowest BCUT2D eigenvalue weighted by molar-refractivity contribution is -0.115. The highest BCUT2D eigenvalue weighted by atomic mass is 79.9. The fourth-order valence-electron chi connectivity index (χ4n) is 2.29. The Morgan fingerprint density at radius 2 is 2.04 bits per heavy atom. The number of amidine groups is 1. The highest BCUT2D eigenvalue weighted by Gasteiger charge is 2.22. The van der Waals surface area contributed by atoms with Gasteiger partial charge in [-0.05, 0) is 69.2 Å². The molecule has 8 heteroatoms. The van der Waals surface area contributed by atoms with E-state index in [2.05, 4.69) is 21.2 Å². The van der Waals surface area contributed by atoms with Gasteiger partial charge in [0.25, 0.3) is 5.91 Å². The summed E-state index contributed by atoms with van der Waals surface area (Å²) in [4.78, 5) is 12.2. The third-order valence-electron chi connectivity index (χ3n) is 3.51. The lowest BCUT2D eigenvalue weighted by atomic mass is 10.2. The minimum atomic E-state index is -0.299. The Morgan fingerprint density at radius 1 is 1.31 bits per heavy atom. The number of benzene rings is 2. The van der Waals surface area contributed by atoms with Crippen LogP contribution in [0.4, 0.5) is 4.39 Å². The first-order chi connectivity index (χ1) is 12.5. The van der Waals surface area contributed by atoms with E-state index in [4.69, 9.17) is 14.9 Å². The van der Waals surface area contributed by atoms with E-state index in [0.29, 0.717) is 20.9 Å². The molecular weight excluding hydrogens is 423 g/mol. The summed E-state index contributed by atoms with van der Waals surface area (Å²) in [6, 6.07) is 9.60. The number of amides is 1. The van der Waals surface area contributed by atoms with Gasteiger partial charge in [0, 0.05) is 0 Å². The molecule has 134 valence electrons. The molecule has 1 aliphatic heterocycles. The van der Waals surface area contributed by atoms with E-state index in [1.54, 1.807) is 30.3 Å². The number of nitrogens with one attached hydrogen (secondary N) is 2. The Morgan fingerprint density at radius 3 is 2.65 bits per heavy atom. The predicted molar refractivity (Wildman–Crippen MR) is 103 cm³/mol. The molecule has 0 radical (unpaired) electrons. The monoisotopic (exact) mass is 436 g/mol. The van der Waals surface area contributed by atoms with Crippen molar-refractivity contribution in [1.29, 1.82) is 5.41 Å². The zero-order chi connectivity index (χ0) is 18.7. The SMILES string of the molecule is COc1cc(/C=C2\SC(=N)NC2=O)cc(Br)c1OCc1ccc(F)cc1. The lowest BCUT2D eigenvalue weighted by Gasteiger charge is -2.14. The molecule has 2 N–H and O–H groups in total. The van der Waals surface area contributed by atoms with Crippen molar-refractivity contribution in [3.63, 3.8) is 0 Å². The molecule has 0 unspecified atom stereocenters. The molecule has 0 aliphatic carbocycles. The zero-order valence-electron chi connectivity index (χ0n) is 13.6. The lowest BCUT2D eigenvalue weighted by Crippen LogP contribution is -2.18. The molecule has 0 atom stereocenters. The molecule has 1 saturated heterocycles. The minimum absolute atomic E-state index is 0.103. The second kappa shape index (κ2) is 7.92. The van der Waals surface area contributed by atoms with Crippen LogP contribution in [0.25, 0.3) is 6.08 Å². The van der Waals surface area contributed by atoms with E-state index < -0.39 is 0 Å². The molecule has 2 aromatic carbocycles. The summed E-state index contributed by atoms with van der Waals surface area (Å²) in [6.45, 7) is 0.255. The molecule has 0 saturated carbocycles. The van der Waals surface area contributed by atoms with Crippen molar-refractivity contribution in [3.8, 4) is 11.5 Å². The maximum absolute atomic E-state index is 13.0. The summed E-state index contributed by atoms with van der Waals surface area (Å²) in [5.41, 5.74) is 1.55. The first kappa shape index (κ1) is 18.5. The molecule has 1 amide bonds. The van der Waals surface area contributed by atoms with Crippen molar-refractivity contribution in [2.75, 3.05) is 7.11 Å². The molecule has 5 nitrogen and oxygen atoms in total. The van der Waals surface area contributed by atoms with Crippen LogP contribution in [0.15, 0.2) is 45.8 Å². The highest BCUT2D eigenvalue weighted by Crippen LogP contribution is 2.38. The van der Waals surface area contributed by atoms with Crippen molar-refractivity contribution in [1.82, 2.24) is 5.32 Å². The van der Waals surface area contributed by atoms with Gasteiger partial charge in [0.1, 0.15) is 12.4 Å². The van der Waals surface area contributed by atoms with E-state index in [-0.39, 0.29) is 23.5 Å². The second-order valence-corrected chi connectivity index (χ2v) is 7.25. The predicted octanol–water partition coefficient (Wildman–Crippen LogP) is 4.31. The second-order valence-electron chi connectivity index (χ2n) is 5.34. The number of carbonyl (C=O) groups is 1. The highest BCUT2D eigenvalue weighted by molar-refractivity contribution is 9.10. The van der Waals surface area contributed by atoms with E-state index in [0.717, 1.165) is 22.9 Å². The van der Waals surface area contributed by atoms with Gasteiger partial charge in [-0.1, -0.05) is 12.1 Å². The Hall–Kier alpha value is -2.32. The molecule has 3 rings (SSSR count). The average molecular weight is 437 g/mol. The minimum Gasteiger partial charge on any atom is -0.493 e. The molecule has 0 aromatic heterocycles. The van der Waals surface area contributed by atoms with Crippen molar-refractivity contribution in [2.24, 2.45) is 0 Å². The topological polar surface area (TPSA) is 71.4 Å². The van der Waals surface area contributed by atoms with Crippen molar-refractivity contribution >= 4 is 44.8 Å². The molecule has 1 heterocycles. The average Bonchev–Trinajstić information content (AvgIpc) is 2.92. The third-order valence-corrected chi connectivity index (χ3v) is 4.93. The molecular formula is C18H14BrFN2O3S. The number of hydrogen-bond acceptors (Lipinski definition) is 5. The molecule has 1 fully saturated rings. The van der Waals surface area contributed by atoms with Gasteiger partial charge >= 0.3 is 0 Å². The fourth-order valence-corrected chi connectivity index (χ4v) is 3.57. The fraction of sp³-hybridized carbons (Fsp3) is 0.111. The van der Waals surface area contributed by atoms with E-state index >= 15 is 0 Å². The first-order valence-corrected chi connectivity index (χ1v) is 9.11. The zero-order valence-corrected chi connectivity index (χ0v) is 16.0. The summed E-state index contributed by atoms with van der Waals surface area (Å²) in [6.07, 6.45) is 1.68. The maximum atomic E-state index is 13.0. The molecule has 26 heavy (non-hydrogen) atoms. The number of rotatable bonds is 5. The van der Waals surface area contributed by atoms with Crippen molar-refractivity contribution in [3.05, 3.63) is 62.7 Å². The van der Waals surface area contributed by atoms with Gasteiger partial charge in [0.2, 0.25) is 0 Å². The number of methoxy groups -OCH3 is 1. The quantitative estimate of drug-likeness (QED) is 0.684. The van der Waals surface area contributed by atoms with Crippen LogP contribution < -0.4 is 14.8 Å². The van der Waals surface area contributed by atoms with Crippen LogP contribution in [0, 0.1) is 11.2 Å². The van der Waals surface area contributed by atoms with Gasteiger partial charge in [-0.3, -0.25) is 10.2 Å². The third kappa shape index (κ3) is 4.25. The van der Waals surface area contributed by atoms with E-state index in [9.17, 15) is 9.18 Å². The molecule has 2 aromatic rings. The number of thioether (sulfide) groups is 1. The Bertz CT molecular complexity index is 900. The molecule has 0 spiro atoms. The van der Waals surface area contributed by atoms with Crippen LogP contribution in [0.3, 0.4) is 0 Å². The van der Waals surface area contributed by atoms with Crippen molar-refractivity contribution in [2.45, 2.75) is 6.61 Å². The maximum Gasteiger partial charge on any atom is 0.264 e. The first-order valence-electron chi connectivity index (χ1n) is 7.50. The van der Waals surface area contributed by atoms with Gasteiger partial charge in [0.15, 0.2) is 16.7 Å². The standard InChI is InChI=1S/C18H14BrFN2O3S/c1-24-14-7-11(8-15-17(23)22-18(21)26-15)6-13(19)16(14)25-9-10-2-4-12(20)5-3-10/h2-8H,9H2,1H3,(H2,21,22,23)/b15-8-. The summed E-state index contributed by atoms with van der Waals surface area (Å²) in [5, 5.41) is 10.0. The normalized spacial score (nSPS) is 15.3. The Labute approximate surface area is 162 Å². The largest absolute Gasteiger partial charge is 0.493 e. The summed E-state index contributed by atoms with van der Waals surface area (Å²) in [5.74, 6) is 0.403. The van der Waals surface area contributed by atoms with Crippen LogP contribution in [0.2, 0.25) is 0 Å².